The molecule has 6 heteroatoms. The van der Waals surface area contributed by atoms with E-state index in [4.69, 9.17) is 11.6 Å². The van der Waals surface area contributed by atoms with Gasteiger partial charge in [-0.2, -0.15) is 15.1 Å². The molecule has 1 N–H and O–H groups in total. The molecule has 3 rings (SSSR count). The number of anilines is 1. The summed E-state index contributed by atoms with van der Waals surface area (Å²) >= 11 is 5.93. The summed E-state index contributed by atoms with van der Waals surface area (Å²) in [5.74, 6) is 0.888. The number of fused-ring (bicyclic) bond motifs is 1. The van der Waals surface area contributed by atoms with Crippen molar-refractivity contribution in [2.24, 2.45) is 5.41 Å². The van der Waals surface area contributed by atoms with Crippen LogP contribution in [0, 0.1) is 5.41 Å². The zero-order valence-electron chi connectivity index (χ0n) is 9.87. The van der Waals surface area contributed by atoms with Crippen molar-refractivity contribution in [3.8, 4) is 0 Å². The second-order valence-corrected chi connectivity index (χ2v) is 5.62. The zero-order valence-corrected chi connectivity index (χ0v) is 10.6. The van der Waals surface area contributed by atoms with Crippen LogP contribution in [-0.2, 0) is 0 Å². The van der Waals surface area contributed by atoms with Gasteiger partial charge in [-0.05, 0) is 23.4 Å². The van der Waals surface area contributed by atoms with Crippen molar-refractivity contribution in [3.63, 3.8) is 0 Å². The molecule has 17 heavy (non-hydrogen) atoms. The predicted molar refractivity (Wildman–Crippen MR) is 67.3 cm³/mol. The molecule has 0 aliphatic carbocycles. The summed E-state index contributed by atoms with van der Waals surface area (Å²) in [6.07, 6.45) is 2.92. The smallest absolute Gasteiger partial charge is 0.226 e. The van der Waals surface area contributed by atoms with E-state index >= 15 is 0 Å². The van der Waals surface area contributed by atoms with Gasteiger partial charge in [-0.3, -0.25) is 5.10 Å². The first-order chi connectivity index (χ1) is 8.05. The van der Waals surface area contributed by atoms with Crippen LogP contribution in [0.3, 0.4) is 0 Å². The van der Waals surface area contributed by atoms with Gasteiger partial charge in [0.05, 0.1) is 11.6 Å². The molecule has 2 aromatic heterocycles. The maximum atomic E-state index is 5.93. The first kappa shape index (κ1) is 10.8. The third-order valence-electron chi connectivity index (χ3n) is 3.24. The molecule has 2 aromatic rings. The fraction of sp³-hybridized carbons (Fsp3) is 0.545. The highest BCUT2D eigenvalue weighted by atomic mass is 35.5. The second kappa shape index (κ2) is 3.57. The van der Waals surface area contributed by atoms with E-state index in [2.05, 4.69) is 38.9 Å². The molecule has 1 aliphatic rings. The molecule has 1 fully saturated rings. The third kappa shape index (κ3) is 1.84. The van der Waals surface area contributed by atoms with E-state index in [1.807, 2.05) is 0 Å². The Morgan fingerprint density at radius 2 is 2.24 bits per heavy atom. The Balaban J connectivity index is 2.08. The van der Waals surface area contributed by atoms with E-state index in [1.54, 1.807) is 6.20 Å². The number of H-pyrrole nitrogens is 1. The molecular weight excluding hydrogens is 238 g/mol. The van der Waals surface area contributed by atoms with Crippen molar-refractivity contribution in [1.29, 1.82) is 0 Å². The van der Waals surface area contributed by atoms with E-state index in [0.717, 1.165) is 30.7 Å². The van der Waals surface area contributed by atoms with E-state index in [9.17, 15) is 0 Å². The Bertz CT molecular complexity index is 562. The molecule has 0 saturated carbocycles. The molecule has 5 nitrogen and oxygen atoms in total. The number of hydrogen-bond donors (Lipinski definition) is 1. The maximum absolute atomic E-state index is 5.93. The summed E-state index contributed by atoms with van der Waals surface area (Å²) in [4.78, 5) is 10.7. The molecule has 1 aliphatic heterocycles. The first-order valence-corrected chi connectivity index (χ1v) is 6.05. The SMILES string of the molecule is CC1(C)CCN(c2nc(Cl)nc3[nH]ncc23)C1. The first-order valence-electron chi connectivity index (χ1n) is 5.67. The number of nitrogens with one attached hydrogen (secondary N) is 1. The molecule has 90 valence electrons. The van der Waals surface area contributed by atoms with Crippen LogP contribution >= 0.6 is 11.6 Å². The highest BCUT2D eigenvalue weighted by Gasteiger charge is 2.31. The number of aromatic amines is 1. The Morgan fingerprint density at radius 3 is 2.94 bits per heavy atom. The van der Waals surface area contributed by atoms with Crippen molar-refractivity contribution >= 4 is 28.5 Å². The minimum absolute atomic E-state index is 0.265. The largest absolute Gasteiger partial charge is 0.355 e. The van der Waals surface area contributed by atoms with Crippen molar-refractivity contribution in [3.05, 3.63) is 11.5 Å². The van der Waals surface area contributed by atoms with Gasteiger partial charge in [-0.25, -0.2) is 0 Å². The average Bonchev–Trinajstić information content (AvgIpc) is 2.82. The minimum Gasteiger partial charge on any atom is -0.355 e. The van der Waals surface area contributed by atoms with Gasteiger partial charge in [0, 0.05) is 13.1 Å². The van der Waals surface area contributed by atoms with Crippen molar-refractivity contribution in [2.75, 3.05) is 18.0 Å². The summed E-state index contributed by atoms with van der Waals surface area (Å²) in [6, 6.07) is 0. The lowest BCUT2D eigenvalue weighted by Crippen LogP contribution is -2.23. The minimum atomic E-state index is 0.265. The molecule has 0 atom stereocenters. The van der Waals surface area contributed by atoms with Crippen LogP contribution in [0.15, 0.2) is 6.20 Å². The number of aromatic nitrogens is 4. The van der Waals surface area contributed by atoms with Gasteiger partial charge in [-0.1, -0.05) is 13.8 Å². The Hall–Kier alpha value is -1.36. The molecule has 0 bridgehead atoms. The lowest BCUT2D eigenvalue weighted by atomic mass is 9.93. The van der Waals surface area contributed by atoms with Crippen molar-refractivity contribution in [2.45, 2.75) is 20.3 Å². The van der Waals surface area contributed by atoms with Crippen LogP contribution in [0.2, 0.25) is 5.28 Å². The zero-order chi connectivity index (χ0) is 12.0. The van der Waals surface area contributed by atoms with Crippen LogP contribution in [0.25, 0.3) is 11.0 Å². The molecular formula is C11H14ClN5. The highest BCUT2D eigenvalue weighted by Crippen LogP contribution is 2.34. The Labute approximate surface area is 104 Å². The van der Waals surface area contributed by atoms with E-state index in [-0.39, 0.29) is 5.28 Å². The summed E-state index contributed by atoms with van der Waals surface area (Å²) in [7, 11) is 0. The van der Waals surface area contributed by atoms with E-state index in [1.165, 1.54) is 0 Å². The van der Waals surface area contributed by atoms with Gasteiger partial charge in [0.2, 0.25) is 5.28 Å². The molecule has 0 spiro atoms. The Morgan fingerprint density at radius 1 is 1.41 bits per heavy atom. The highest BCUT2D eigenvalue weighted by molar-refractivity contribution is 6.28. The lowest BCUT2D eigenvalue weighted by Gasteiger charge is -2.21. The number of halogens is 1. The van der Waals surface area contributed by atoms with Crippen molar-refractivity contribution in [1.82, 2.24) is 20.2 Å². The van der Waals surface area contributed by atoms with Gasteiger partial charge in [-0.15, -0.1) is 0 Å². The second-order valence-electron chi connectivity index (χ2n) is 5.28. The van der Waals surface area contributed by atoms with Gasteiger partial charge in [0.25, 0.3) is 0 Å². The maximum Gasteiger partial charge on any atom is 0.226 e. The molecule has 0 radical (unpaired) electrons. The normalized spacial score (nSPS) is 19.1. The van der Waals surface area contributed by atoms with Crippen LogP contribution in [-0.4, -0.2) is 33.3 Å². The predicted octanol–water partition coefficient (Wildman–Crippen LogP) is 2.24. The molecule has 3 heterocycles. The van der Waals surface area contributed by atoms with Gasteiger partial charge in [0.15, 0.2) is 5.65 Å². The topological polar surface area (TPSA) is 57.7 Å². The summed E-state index contributed by atoms with van der Waals surface area (Å²) in [6.45, 7) is 6.52. The van der Waals surface area contributed by atoms with Gasteiger partial charge < -0.3 is 4.90 Å². The Kier molecular flexibility index (Phi) is 2.26. The monoisotopic (exact) mass is 251 g/mol. The summed E-state index contributed by atoms with van der Waals surface area (Å²) < 4.78 is 0. The van der Waals surface area contributed by atoms with Crippen LogP contribution in [0.4, 0.5) is 5.82 Å². The number of nitrogens with zero attached hydrogens (tertiary/aromatic N) is 4. The fourth-order valence-corrected chi connectivity index (χ4v) is 2.49. The fourth-order valence-electron chi connectivity index (χ4n) is 2.33. The quantitative estimate of drug-likeness (QED) is 0.790. The summed E-state index contributed by atoms with van der Waals surface area (Å²) in [5, 5.41) is 8.03. The molecule has 0 aromatic carbocycles. The number of hydrogen-bond acceptors (Lipinski definition) is 4. The van der Waals surface area contributed by atoms with E-state index < -0.39 is 0 Å². The van der Waals surface area contributed by atoms with E-state index in [0.29, 0.717) is 11.1 Å². The number of rotatable bonds is 1. The lowest BCUT2D eigenvalue weighted by molar-refractivity contribution is 0.418. The molecule has 0 amide bonds. The molecule has 0 unspecified atom stereocenters. The molecule has 1 saturated heterocycles. The van der Waals surface area contributed by atoms with Gasteiger partial charge >= 0.3 is 0 Å². The van der Waals surface area contributed by atoms with Gasteiger partial charge in [0.1, 0.15) is 5.82 Å². The van der Waals surface area contributed by atoms with Crippen LogP contribution < -0.4 is 4.90 Å². The van der Waals surface area contributed by atoms with Crippen molar-refractivity contribution < 1.29 is 0 Å². The standard InChI is InChI=1S/C11H14ClN5/c1-11(2)3-4-17(6-11)9-7-5-13-16-8(7)14-10(12)15-9/h5H,3-4,6H2,1-2H3,(H,13,14,15,16). The average molecular weight is 252 g/mol. The third-order valence-corrected chi connectivity index (χ3v) is 3.41. The summed E-state index contributed by atoms with van der Waals surface area (Å²) in [5.41, 5.74) is 1.03. The van der Waals surface area contributed by atoms with Crippen LogP contribution in [0.1, 0.15) is 20.3 Å². The van der Waals surface area contributed by atoms with Crippen LogP contribution in [0.5, 0.6) is 0 Å².